The Hall–Kier alpha value is -2.23. The zero-order chi connectivity index (χ0) is 12.8. The molecule has 0 fully saturated rings. The maximum Gasteiger partial charge on any atom is 0.326 e. The second-order valence-electron chi connectivity index (χ2n) is 3.10. The minimum absolute atomic E-state index is 0.0434. The number of carbonyl (C=O) groups is 2. The summed E-state index contributed by atoms with van der Waals surface area (Å²) in [6, 6.07) is -1.95. The van der Waals surface area contributed by atoms with Crippen molar-refractivity contribution >= 4 is 17.9 Å². The van der Waals surface area contributed by atoms with E-state index in [1.54, 1.807) is 0 Å². The van der Waals surface area contributed by atoms with Gasteiger partial charge in [-0.1, -0.05) is 5.10 Å². The molecule has 0 radical (unpaired) electrons. The Morgan fingerprint density at radius 3 is 2.71 bits per heavy atom. The summed E-state index contributed by atoms with van der Waals surface area (Å²) < 4.78 is 0. The number of amides is 2. The van der Waals surface area contributed by atoms with E-state index < -0.39 is 18.0 Å². The summed E-state index contributed by atoms with van der Waals surface area (Å²) >= 11 is 0. The number of aryl methyl sites for hydroxylation is 1. The largest absolute Gasteiger partial charge is 0.480 e. The van der Waals surface area contributed by atoms with Crippen LogP contribution in [-0.4, -0.2) is 55.1 Å². The molecule has 0 saturated heterocycles. The van der Waals surface area contributed by atoms with Gasteiger partial charge in [0, 0.05) is 13.0 Å². The fraction of sp³-hybridized carbons (Fsp3) is 0.571. The van der Waals surface area contributed by atoms with Crippen LogP contribution in [0.3, 0.4) is 0 Å². The average molecular weight is 244 g/mol. The lowest BCUT2D eigenvalue weighted by atomic mass is 10.2. The fourth-order valence-electron chi connectivity index (χ4n) is 1.02. The Bertz CT molecular complexity index is 405. The molecular weight excluding hydrogens is 232 g/mol. The van der Waals surface area contributed by atoms with Crippen molar-refractivity contribution in [3.8, 4) is 0 Å². The van der Waals surface area contributed by atoms with E-state index in [9.17, 15) is 9.59 Å². The summed E-state index contributed by atoms with van der Waals surface area (Å²) in [6.45, 7) is -0.347. The molecule has 2 amide bonds. The lowest BCUT2D eigenvalue weighted by molar-refractivity contribution is -0.139. The van der Waals surface area contributed by atoms with Crippen molar-refractivity contribution in [2.45, 2.75) is 12.5 Å². The molecule has 0 unspecified atom stereocenters. The van der Waals surface area contributed by atoms with E-state index in [4.69, 9.17) is 10.2 Å². The van der Waals surface area contributed by atoms with E-state index in [-0.39, 0.29) is 19.0 Å². The zero-order valence-electron chi connectivity index (χ0n) is 8.99. The molecule has 1 aromatic rings. The van der Waals surface area contributed by atoms with Crippen molar-refractivity contribution in [2.24, 2.45) is 7.05 Å². The number of carboxylic acid groups (broad SMARTS) is 1. The first-order chi connectivity index (χ1) is 8.02. The molecule has 94 valence electrons. The fourth-order valence-corrected chi connectivity index (χ4v) is 1.02. The number of carbonyl (C=O) groups excluding carboxylic acids is 1. The molecule has 1 atom stereocenters. The normalized spacial score (nSPS) is 11.9. The number of anilines is 1. The number of hydrogen-bond acceptors (Lipinski definition) is 6. The predicted octanol–water partition coefficient (Wildman–Crippen LogP) is -1.83. The number of aromatic nitrogens is 4. The number of nitrogens with zero attached hydrogens (tertiary/aromatic N) is 4. The number of urea groups is 1. The highest BCUT2D eigenvalue weighted by Gasteiger charge is 2.19. The number of rotatable bonds is 5. The van der Waals surface area contributed by atoms with Gasteiger partial charge in [-0.05, 0) is 5.21 Å². The van der Waals surface area contributed by atoms with Crippen LogP contribution in [0.25, 0.3) is 0 Å². The highest BCUT2D eigenvalue weighted by Crippen LogP contribution is 1.95. The number of aliphatic hydroxyl groups is 1. The Kier molecular flexibility index (Phi) is 4.34. The first kappa shape index (κ1) is 12.8. The molecule has 17 heavy (non-hydrogen) atoms. The summed E-state index contributed by atoms with van der Waals surface area (Å²) in [5, 5.41) is 32.3. The first-order valence-corrected chi connectivity index (χ1v) is 4.68. The number of tetrazole rings is 1. The number of nitrogens with one attached hydrogen (secondary N) is 2. The summed E-state index contributed by atoms with van der Waals surface area (Å²) in [5.74, 6) is -1.28. The number of hydrogen-bond donors (Lipinski definition) is 4. The van der Waals surface area contributed by atoms with Gasteiger partial charge in [0.25, 0.3) is 5.95 Å². The number of aliphatic carboxylic acids is 1. The van der Waals surface area contributed by atoms with Crippen molar-refractivity contribution in [2.75, 3.05) is 11.9 Å². The summed E-state index contributed by atoms with van der Waals surface area (Å²) in [4.78, 5) is 23.1. The minimum atomic E-state index is -1.23. The van der Waals surface area contributed by atoms with Crippen LogP contribution < -0.4 is 10.6 Å². The Labute approximate surface area is 95.6 Å². The van der Waals surface area contributed by atoms with Gasteiger partial charge in [0.15, 0.2) is 0 Å². The van der Waals surface area contributed by atoms with Crippen molar-refractivity contribution in [1.29, 1.82) is 0 Å². The highest BCUT2D eigenvalue weighted by atomic mass is 16.4. The van der Waals surface area contributed by atoms with Crippen LogP contribution in [0, 0.1) is 0 Å². The summed E-state index contributed by atoms with van der Waals surface area (Å²) in [5.41, 5.74) is 0. The maximum absolute atomic E-state index is 11.3. The van der Waals surface area contributed by atoms with Gasteiger partial charge in [-0.15, -0.1) is 5.10 Å². The van der Waals surface area contributed by atoms with Gasteiger partial charge >= 0.3 is 12.0 Å². The second kappa shape index (κ2) is 5.75. The van der Waals surface area contributed by atoms with Crippen LogP contribution >= 0.6 is 0 Å². The average Bonchev–Trinajstić information content (AvgIpc) is 2.63. The molecule has 0 aromatic carbocycles. The third-order valence-electron chi connectivity index (χ3n) is 1.75. The molecule has 0 aliphatic carbocycles. The molecule has 4 N–H and O–H groups in total. The summed E-state index contributed by atoms with van der Waals surface area (Å²) in [6.07, 6.45) is -0.0867. The van der Waals surface area contributed by atoms with Crippen molar-refractivity contribution in [3.05, 3.63) is 0 Å². The maximum atomic E-state index is 11.3. The van der Waals surface area contributed by atoms with E-state index in [1.807, 2.05) is 0 Å². The van der Waals surface area contributed by atoms with E-state index in [1.165, 1.54) is 7.05 Å². The molecular formula is C7H12N6O4. The Morgan fingerprint density at radius 1 is 1.53 bits per heavy atom. The second-order valence-corrected chi connectivity index (χ2v) is 3.10. The lowest BCUT2D eigenvalue weighted by Gasteiger charge is -2.12. The van der Waals surface area contributed by atoms with E-state index >= 15 is 0 Å². The molecule has 0 aliphatic rings. The summed E-state index contributed by atoms with van der Waals surface area (Å²) in [7, 11) is 1.52. The number of carboxylic acids is 1. The van der Waals surface area contributed by atoms with Gasteiger partial charge in [-0.2, -0.15) is 4.80 Å². The molecule has 0 saturated carbocycles. The Morgan fingerprint density at radius 2 is 2.24 bits per heavy atom. The van der Waals surface area contributed by atoms with E-state index in [0.717, 1.165) is 4.80 Å². The smallest absolute Gasteiger partial charge is 0.326 e. The van der Waals surface area contributed by atoms with Gasteiger partial charge in [-0.25, -0.2) is 9.59 Å². The van der Waals surface area contributed by atoms with Crippen LogP contribution in [0.2, 0.25) is 0 Å². The van der Waals surface area contributed by atoms with Crippen molar-refractivity contribution in [1.82, 2.24) is 25.5 Å². The van der Waals surface area contributed by atoms with Crippen molar-refractivity contribution in [3.63, 3.8) is 0 Å². The first-order valence-electron chi connectivity index (χ1n) is 4.68. The van der Waals surface area contributed by atoms with Crippen LogP contribution in [0.4, 0.5) is 10.7 Å². The molecule has 0 spiro atoms. The van der Waals surface area contributed by atoms with Crippen LogP contribution in [0.15, 0.2) is 0 Å². The molecule has 0 bridgehead atoms. The Balaban J connectivity index is 2.50. The molecule has 0 aliphatic heterocycles. The molecule has 10 nitrogen and oxygen atoms in total. The molecule has 10 heteroatoms. The topological polar surface area (TPSA) is 142 Å². The van der Waals surface area contributed by atoms with Crippen LogP contribution in [0.1, 0.15) is 6.42 Å². The quantitative estimate of drug-likeness (QED) is 0.477. The minimum Gasteiger partial charge on any atom is -0.480 e. The van der Waals surface area contributed by atoms with Gasteiger partial charge in [0.1, 0.15) is 6.04 Å². The number of aliphatic hydroxyl groups excluding tert-OH is 1. The molecule has 1 heterocycles. The van der Waals surface area contributed by atoms with Gasteiger partial charge in [0.2, 0.25) is 0 Å². The van der Waals surface area contributed by atoms with E-state index in [0.29, 0.717) is 0 Å². The molecule has 1 aromatic heterocycles. The van der Waals surface area contributed by atoms with Crippen LogP contribution in [-0.2, 0) is 11.8 Å². The van der Waals surface area contributed by atoms with Gasteiger partial charge in [0.05, 0.1) is 7.05 Å². The zero-order valence-corrected chi connectivity index (χ0v) is 8.99. The SMILES string of the molecule is Cn1nnc(NC(=O)N[C@@H](CCO)C(=O)O)n1. The standard InChI is InChI=1S/C7H12N6O4/c1-13-11-6(10-12-13)9-7(17)8-4(2-3-14)5(15)16/h4,14H,2-3H2,1H3,(H,15,16)(H2,8,9,11,17)/t4-/m0/s1. The van der Waals surface area contributed by atoms with Gasteiger partial charge < -0.3 is 15.5 Å². The lowest BCUT2D eigenvalue weighted by Crippen LogP contribution is -2.43. The monoisotopic (exact) mass is 244 g/mol. The van der Waals surface area contributed by atoms with Gasteiger partial charge in [-0.3, -0.25) is 5.32 Å². The highest BCUT2D eigenvalue weighted by molar-refractivity contribution is 5.90. The third kappa shape index (κ3) is 4.03. The third-order valence-corrected chi connectivity index (χ3v) is 1.75. The predicted molar refractivity (Wildman–Crippen MR) is 54.1 cm³/mol. The van der Waals surface area contributed by atoms with Crippen LogP contribution in [0.5, 0.6) is 0 Å². The molecule has 1 rings (SSSR count). The van der Waals surface area contributed by atoms with Crippen molar-refractivity contribution < 1.29 is 19.8 Å². The van der Waals surface area contributed by atoms with E-state index in [2.05, 4.69) is 26.0 Å².